The van der Waals surface area contributed by atoms with Gasteiger partial charge in [-0.1, -0.05) is 18.6 Å². The molecule has 0 aliphatic carbocycles. The molecule has 0 saturated carbocycles. The van der Waals surface area contributed by atoms with Crippen molar-refractivity contribution in [3.8, 4) is 0 Å². The summed E-state index contributed by atoms with van der Waals surface area (Å²) in [6, 6.07) is 14.5. The topological polar surface area (TPSA) is 79.2 Å². The van der Waals surface area contributed by atoms with Crippen molar-refractivity contribution in [1.29, 1.82) is 0 Å². The summed E-state index contributed by atoms with van der Waals surface area (Å²) in [5.74, 6) is 0.916. The van der Waals surface area contributed by atoms with Gasteiger partial charge in [0, 0.05) is 53.0 Å². The van der Waals surface area contributed by atoms with Crippen molar-refractivity contribution in [2.75, 3.05) is 31.5 Å². The second-order valence-corrected chi connectivity index (χ2v) is 11.9. The molecule has 1 N–H and O–H groups in total. The van der Waals surface area contributed by atoms with Gasteiger partial charge in [0.05, 0.1) is 24.2 Å². The first kappa shape index (κ1) is 25.9. The maximum absolute atomic E-state index is 13.0. The van der Waals surface area contributed by atoms with Crippen molar-refractivity contribution in [3.63, 3.8) is 0 Å². The van der Waals surface area contributed by atoms with Crippen LogP contribution in [0.4, 0.5) is 11.5 Å². The van der Waals surface area contributed by atoms with Crippen molar-refractivity contribution in [2.24, 2.45) is 0 Å². The Labute approximate surface area is 243 Å². The van der Waals surface area contributed by atoms with E-state index in [1.165, 1.54) is 29.7 Å². The molecule has 208 valence electrons. The zero-order valence-electron chi connectivity index (χ0n) is 23.0. The molecule has 1 aromatic carbocycles. The fraction of sp³-hybridized carbons (Fsp3) is 0.312. The largest absolute Gasteiger partial charge is 0.341 e. The Morgan fingerprint density at radius 2 is 1.95 bits per heavy atom. The summed E-state index contributed by atoms with van der Waals surface area (Å²) in [4.78, 5) is 33.2. The van der Waals surface area contributed by atoms with Crippen LogP contribution >= 0.6 is 11.3 Å². The summed E-state index contributed by atoms with van der Waals surface area (Å²) in [5.41, 5.74) is 4.44. The average molecular weight is 564 g/mol. The first-order valence-corrected chi connectivity index (χ1v) is 15.2. The molecule has 0 atom stereocenters. The number of pyridine rings is 1. The lowest BCUT2D eigenvalue weighted by Crippen LogP contribution is -2.34. The van der Waals surface area contributed by atoms with Crippen LogP contribution in [0.25, 0.3) is 21.1 Å². The van der Waals surface area contributed by atoms with E-state index in [9.17, 15) is 4.79 Å². The van der Waals surface area contributed by atoms with Crippen LogP contribution in [0.5, 0.6) is 0 Å². The van der Waals surface area contributed by atoms with Crippen molar-refractivity contribution in [3.05, 3.63) is 89.5 Å². The minimum atomic E-state index is 0.0952. The van der Waals surface area contributed by atoms with Crippen molar-refractivity contribution >= 4 is 49.9 Å². The van der Waals surface area contributed by atoms with Gasteiger partial charge in [-0.2, -0.15) is 0 Å². The second kappa shape index (κ2) is 11.4. The third kappa shape index (κ3) is 5.47. The lowest BCUT2D eigenvalue weighted by molar-refractivity contribution is -0.126. The Kier molecular flexibility index (Phi) is 7.21. The zero-order chi connectivity index (χ0) is 27.6. The molecule has 0 spiro atoms. The van der Waals surface area contributed by atoms with E-state index >= 15 is 0 Å². The molecule has 1 amide bonds. The Morgan fingerprint density at radius 3 is 2.83 bits per heavy atom. The molecule has 6 heterocycles. The number of thiophene rings is 1. The summed E-state index contributed by atoms with van der Waals surface area (Å²) in [6.07, 6.45) is 14.0. The number of nitrogens with one attached hydrogen (secondary N) is 1. The standard InChI is InChI=1S/C32H33N7OS/c40-29(8-6-16-37-14-4-1-5-15-37)39-18-12-26-28(21-39)41-32-30(26)31(34-22-35-32)36-24-9-10-27-23(19-24)11-17-38(27)20-25-7-2-3-13-33-25/h2-3,6-11,13,17,19,22H,1,4-5,12,14-16,18,20-21H2,(H,34,35,36). The molecule has 2 aliphatic rings. The maximum atomic E-state index is 13.0. The summed E-state index contributed by atoms with van der Waals surface area (Å²) in [6.45, 7) is 5.19. The van der Waals surface area contributed by atoms with Gasteiger partial charge in [-0.15, -0.1) is 11.3 Å². The number of carbonyl (C=O) groups excluding carboxylic acids is 1. The monoisotopic (exact) mass is 563 g/mol. The highest BCUT2D eigenvalue weighted by Crippen LogP contribution is 2.38. The Hall–Kier alpha value is -4.08. The molecular weight excluding hydrogens is 530 g/mol. The van der Waals surface area contributed by atoms with Gasteiger partial charge < -0.3 is 14.8 Å². The fourth-order valence-electron chi connectivity index (χ4n) is 5.98. The molecule has 9 heteroatoms. The van der Waals surface area contributed by atoms with Crippen LogP contribution in [-0.4, -0.2) is 61.4 Å². The molecule has 0 radical (unpaired) electrons. The number of aromatic nitrogens is 4. The van der Waals surface area contributed by atoms with E-state index in [0.717, 1.165) is 70.9 Å². The first-order chi connectivity index (χ1) is 20.2. The SMILES string of the molecule is O=C(C=CCN1CCCCC1)N1CCc2c(sc3ncnc(Nc4ccc5c(ccn5Cc5ccccn5)c4)c23)C1. The molecule has 8 nitrogen and oxygen atoms in total. The average Bonchev–Trinajstić information content (AvgIpc) is 3.59. The number of hydrogen-bond acceptors (Lipinski definition) is 7. The highest BCUT2D eigenvalue weighted by molar-refractivity contribution is 7.19. The van der Waals surface area contributed by atoms with E-state index in [0.29, 0.717) is 13.1 Å². The molecule has 1 saturated heterocycles. The van der Waals surface area contributed by atoms with Crippen LogP contribution in [0, 0.1) is 0 Å². The van der Waals surface area contributed by atoms with E-state index < -0.39 is 0 Å². The molecule has 1 fully saturated rings. The van der Waals surface area contributed by atoms with E-state index in [2.05, 4.69) is 60.2 Å². The Balaban J connectivity index is 1.07. The highest BCUT2D eigenvalue weighted by Gasteiger charge is 2.25. The molecule has 2 aliphatic heterocycles. The van der Waals surface area contributed by atoms with Gasteiger partial charge in [0.2, 0.25) is 5.91 Å². The lowest BCUT2D eigenvalue weighted by Gasteiger charge is -2.27. The van der Waals surface area contributed by atoms with Gasteiger partial charge in [0.1, 0.15) is 17.0 Å². The third-order valence-corrected chi connectivity index (χ3v) is 9.24. The Morgan fingerprint density at radius 1 is 1.02 bits per heavy atom. The number of likely N-dealkylation sites (tertiary alicyclic amines) is 1. The van der Waals surface area contributed by atoms with Gasteiger partial charge in [-0.25, -0.2) is 9.97 Å². The van der Waals surface area contributed by atoms with Crippen LogP contribution in [0.15, 0.2) is 73.3 Å². The minimum Gasteiger partial charge on any atom is -0.341 e. The first-order valence-electron chi connectivity index (χ1n) is 14.4. The van der Waals surface area contributed by atoms with Crippen molar-refractivity contribution < 1.29 is 4.79 Å². The molecule has 41 heavy (non-hydrogen) atoms. The zero-order valence-corrected chi connectivity index (χ0v) is 23.8. The summed E-state index contributed by atoms with van der Waals surface area (Å²) < 4.78 is 2.22. The number of amides is 1. The lowest BCUT2D eigenvalue weighted by atomic mass is 10.0. The highest BCUT2D eigenvalue weighted by atomic mass is 32.1. The number of fused-ring (bicyclic) bond motifs is 4. The van der Waals surface area contributed by atoms with Gasteiger partial charge in [-0.3, -0.25) is 14.7 Å². The van der Waals surface area contributed by atoms with Gasteiger partial charge in [0.25, 0.3) is 0 Å². The van der Waals surface area contributed by atoms with Crippen LogP contribution in [-0.2, 0) is 24.3 Å². The second-order valence-electron chi connectivity index (χ2n) is 10.8. The smallest absolute Gasteiger partial charge is 0.246 e. The predicted molar refractivity (Wildman–Crippen MR) is 165 cm³/mol. The number of nitrogens with zero attached hydrogens (tertiary/aromatic N) is 6. The van der Waals surface area contributed by atoms with Gasteiger partial charge in [-0.05, 0) is 74.3 Å². The number of carbonyl (C=O) groups is 1. The van der Waals surface area contributed by atoms with Crippen molar-refractivity contribution in [1.82, 2.24) is 29.3 Å². The number of piperidine rings is 1. The van der Waals surface area contributed by atoms with E-state index in [4.69, 9.17) is 0 Å². The van der Waals surface area contributed by atoms with Crippen LogP contribution < -0.4 is 5.32 Å². The summed E-state index contributed by atoms with van der Waals surface area (Å²) >= 11 is 1.67. The van der Waals surface area contributed by atoms with E-state index in [1.54, 1.807) is 23.7 Å². The molecule has 7 rings (SSSR count). The van der Waals surface area contributed by atoms with Crippen LogP contribution in [0.3, 0.4) is 0 Å². The summed E-state index contributed by atoms with van der Waals surface area (Å²) in [7, 11) is 0. The number of rotatable bonds is 7. The molecule has 0 bridgehead atoms. The fourth-order valence-corrected chi connectivity index (χ4v) is 7.18. The van der Waals surface area contributed by atoms with E-state index in [-0.39, 0.29) is 5.91 Å². The maximum Gasteiger partial charge on any atom is 0.246 e. The van der Waals surface area contributed by atoms with E-state index in [1.807, 2.05) is 35.4 Å². The normalized spacial score (nSPS) is 16.0. The van der Waals surface area contributed by atoms with Crippen LogP contribution in [0.2, 0.25) is 0 Å². The molecule has 0 unspecified atom stereocenters. The minimum absolute atomic E-state index is 0.0952. The quantitative estimate of drug-likeness (QED) is 0.254. The van der Waals surface area contributed by atoms with Gasteiger partial charge >= 0.3 is 0 Å². The molecule has 4 aromatic heterocycles. The Bertz CT molecular complexity index is 1720. The van der Waals surface area contributed by atoms with Crippen LogP contribution in [0.1, 0.15) is 35.4 Å². The molecule has 5 aromatic rings. The third-order valence-electron chi connectivity index (χ3n) is 8.11. The molecular formula is C32H33N7OS. The number of benzene rings is 1. The van der Waals surface area contributed by atoms with Crippen molar-refractivity contribution in [2.45, 2.75) is 38.8 Å². The van der Waals surface area contributed by atoms with Gasteiger partial charge in [0.15, 0.2) is 0 Å². The summed E-state index contributed by atoms with van der Waals surface area (Å²) in [5, 5.41) is 5.80. The number of hydrogen-bond donors (Lipinski definition) is 1. The predicted octanol–water partition coefficient (Wildman–Crippen LogP) is 5.76. The number of anilines is 2.